The minimum atomic E-state index is 0.221. The van der Waals surface area contributed by atoms with Crippen molar-refractivity contribution in [1.82, 2.24) is 0 Å². The van der Waals surface area contributed by atoms with E-state index in [1.165, 1.54) is 12.8 Å². The maximum atomic E-state index is 12.8. The van der Waals surface area contributed by atoms with Crippen LogP contribution >= 0.6 is 0 Å². The van der Waals surface area contributed by atoms with Crippen LogP contribution in [0.15, 0.2) is 24.3 Å². The van der Waals surface area contributed by atoms with E-state index in [1.807, 2.05) is 24.3 Å². The van der Waals surface area contributed by atoms with Gasteiger partial charge in [-0.1, -0.05) is 45.4 Å². The Labute approximate surface area is 128 Å². The van der Waals surface area contributed by atoms with Gasteiger partial charge in [-0.25, -0.2) is 0 Å². The lowest BCUT2D eigenvalue weighted by atomic mass is 9.68. The molecule has 0 aromatic heterocycles. The van der Waals surface area contributed by atoms with E-state index in [0.717, 1.165) is 17.7 Å². The highest BCUT2D eigenvalue weighted by Gasteiger charge is 2.35. The molecule has 0 spiro atoms. The van der Waals surface area contributed by atoms with Crippen molar-refractivity contribution >= 4 is 5.78 Å². The standard InChI is InChI=1S/C19H28O2/c1-13(2)16-10-9-14(3)11-17(16)18(20)12-15-7-5-6-8-19(15)21-4/h5-8,13-14,16-17H,9-12H2,1-4H3/t14-,16+,17-/m1/s1. The fraction of sp³-hybridized carbons (Fsp3) is 0.632. The predicted molar refractivity (Wildman–Crippen MR) is 86.5 cm³/mol. The number of carbonyl (C=O) groups is 1. The lowest BCUT2D eigenvalue weighted by molar-refractivity contribution is -0.126. The van der Waals surface area contributed by atoms with Crippen LogP contribution in [0.1, 0.15) is 45.6 Å². The molecule has 2 heteroatoms. The van der Waals surface area contributed by atoms with Gasteiger partial charge in [0.2, 0.25) is 0 Å². The van der Waals surface area contributed by atoms with Crippen LogP contribution in [0.4, 0.5) is 0 Å². The van der Waals surface area contributed by atoms with Crippen molar-refractivity contribution in [3.63, 3.8) is 0 Å². The summed E-state index contributed by atoms with van der Waals surface area (Å²) in [5.41, 5.74) is 1.02. The first kappa shape index (κ1) is 16.1. The summed E-state index contributed by atoms with van der Waals surface area (Å²) in [5.74, 6) is 3.25. The molecule has 0 radical (unpaired) electrons. The Bertz CT molecular complexity index is 478. The SMILES string of the molecule is COc1ccccc1CC(=O)[C@@H]1C[C@H](C)CC[C@H]1C(C)C. The highest BCUT2D eigenvalue weighted by molar-refractivity contribution is 5.84. The van der Waals surface area contributed by atoms with Crippen LogP contribution < -0.4 is 4.74 Å². The molecule has 3 atom stereocenters. The topological polar surface area (TPSA) is 26.3 Å². The molecule has 2 rings (SSSR count). The first-order valence-corrected chi connectivity index (χ1v) is 8.17. The average Bonchev–Trinajstić information content (AvgIpc) is 2.47. The maximum Gasteiger partial charge on any atom is 0.140 e. The molecule has 1 aliphatic rings. The van der Waals surface area contributed by atoms with E-state index >= 15 is 0 Å². The lowest BCUT2D eigenvalue weighted by Gasteiger charge is -2.36. The molecule has 0 amide bonds. The van der Waals surface area contributed by atoms with E-state index in [1.54, 1.807) is 7.11 Å². The van der Waals surface area contributed by atoms with Gasteiger partial charge in [-0.05, 0) is 36.7 Å². The van der Waals surface area contributed by atoms with Crippen LogP contribution in [0.3, 0.4) is 0 Å². The molecule has 1 fully saturated rings. The fourth-order valence-corrected chi connectivity index (χ4v) is 3.74. The Hall–Kier alpha value is -1.31. The highest BCUT2D eigenvalue weighted by Crippen LogP contribution is 2.39. The molecule has 0 N–H and O–H groups in total. The van der Waals surface area contributed by atoms with Crippen molar-refractivity contribution in [2.24, 2.45) is 23.7 Å². The zero-order valence-electron chi connectivity index (χ0n) is 13.8. The number of ketones is 1. The van der Waals surface area contributed by atoms with Crippen molar-refractivity contribution in [3.8, 4) is 5.75 Å². The van der Waals surface area contributed by atoms with Gasteiger partial charge in [-0.15, -0.1) is 0 Å². The second-order valence-corrected chi connectivity index (χ2v) is 6.89. The Morgan fingerprint density at radius 3 is 2.67 bits per heavy atom. The van der Waals surface area contributed by atoms with Crippen molar-refractivity contribution in [1.29, 1.82) is 0 Å². The van der Waals surface area contributed by atoms with Gasteiger partial charge in [0.1, 0.15) is 11.5 Å². The molecule has 0 aliphatic heterocycles. The van der Waals surface area contributed by atoms with Crippen molar-refractivity contribution < 1.29 is 9.53 Å². The van der Waals surface area contributed by atoms with E-state index in [-0.39, 0.29) is 5.92 Å². The molecular weight excluding hydrogens is 260 g/mol. The number of para-hydroxylation sites is 1. The Morgan fingerprint density at radius 1 is 1.29 bits per heavy atom. The number of hydrogen-bond donors (Lipinski definition) is 0. The van der Waals surface area contributed by atoms with Gasteiger partial charge in [0.05, 0.1) is 7.11 Å². The lowest BCUT2D eigenvalue weighted by Crippen LogP contribution is -2.34. The first-order valence-electron chi connectivity index (χ1n) is 8.17. The van der Waals surface area contributed by atoms with Crippen LogP contribution in [-0.2, 0) is 11.2 Å². The summed E-state index contributed by atoms with van der Waals surface area (Å²) < 4.78 is 5.38. The molecule has 21 heavy (non-hydrogen) atoms. The molecule has 1 aliphatic carbocycles. The summed E-state index contributed by atoms with van der Waals surface area (Å²) in [6.45, 7) is 6.79. The minimum absolute atomic E-state index is 0.221. The molecular formula is C19H28O2. The smallest absolute Gasteiger partial charge is 0.140 e. The van der Waals surface area contributed by atoms with Gasteiger partial charge in [0, 0.05) is 17.9 Å². The Kier molecular flexibility index (Phi) is 5.44. The minimum Gasteiger partial charge on any atom is -0.496 e. The summed E-state index contributed by atoms with van der Waals surface area (Å²) in [6, 6.07) is 7.88. The van der Waals surface area contributed by atoms with Gasteiger partial charge in [0.15, 0.2) is 0 Å². The third-order valence-corrected chi connectivity index (χ3v) is 4.99. The number of methoxy groups -OCH3 is 1. The molecule has 0 bridgehead atoms. The molecule has 1 saturated carbocycles. The summed E-state index contributed by atoms with van der Waals surface area (Å²) in [7, 11) is 1.67. The summed E-state index contributed by atoms with van der Waals surface area (Å²) >= 11 is 0. The van der Waals surface area contributed by atoms with Crippen molar-refractivity contribution in [2.45, 2.75) is 46.5 Å². The third-order valence-electron chi connectivity index (χ3n) is 4.99. The predicted octanol–water partition coefficient (Wildman–Crippen LogP) is 4.52. The number of Topliss-reactive ketones (excluding diaryl/α,β-unsaturated/α-hetero) is 1. The molecule has 0 saturated heterocycles. The number of benzene rings is 1. The second-order valence-electron chi connectivity index (χ2n) is 6.89. The number of hydrogen-bond acceptors (Lipinski definition) is 2. The van der Waals surface area contributed by atoms with E-state index < -0.39 is 0 Å². The quantitative estimate of drug-likeness (QED) is 0.796. The molecule has 2 nitrogen and oxygen atoms in total. The number of carbonyl (C=O) groups excluding carboxylic acids is 1. The number of ether oxygens (including phenoxy) is 1. The van der Waals surface area contributed by atoms with Crippen molar-refractivity contribution in [3.05, 3.63) is 29.8 Å². The van der Waals surface area contributed by atoms with Crippen molar-refractivity contribution in [2.75, 3.05) is 7.11 Å². The molecule has 116 valence electrons. The Balaban J connectivity index is 2.13. The second kappa shape index (κ2) is 7.11. The van der Waals surface area contributed by atoms with E-state index in [4.69, 9.17) is 4.74 Å². The van der Waals surface area contributed by atoms with Crippen LogP contribution in [-0.4, -0.2) is 12.9 Å². The van der Waals surface area contributed by atoms with Gasteiger partial charge < -0.3 is 4.74 Å². The van der Waals surface area contributed by atoms with Crippen LogP contribution in [0, 0.1) is 23.7 Å². The van der Waals surface area contributed by atoms with Gasteiger partial charge in [-0.3, -0.25) is 4.79 Å². The summed E-state index contributed by atoms with van der Waals surface area (Å²) in [5, 5.41) is 0. The summed E-state index contributed by atoms with van der Waals surface area (Å²) in [4.78, 5) is 12.8. The normalized spacial score (nSPS) is 25.9. The van der Waals surface area contributed by atoms with E-state index in [0.29, 0.717) is 30.0 Å². The molecule has 1 aromatic rings. The maximum absolute atomic E-state index is 12.8. The van der Waals surface area contributed by atoms with Gasteiger partial charge >= 0.3 is 0 Å². The number of rotatable bonds is 5. The van der Waals surface area contributed by atoms with Crippen LogP contribution in [0.2, 0.25) is 0 Å². The van der Waals surface area contributed by atoms with Gasteiger partial charge in [0.25, 0.3) is 0 Å². The molecule has 0 heterocycles. The zero-order valence-corrected chi connectivity index (χ0v) is 13.8. The zero-order chi connectivity index (χ0) is 15.4. The fourth-order valence-electron chi connectivity index (χ4n) is 3.74. The van der Waals surface area contributed by atoms with Gasteiger partial charge in [-0.2, -0.15) is 0 Å². The van der Waals surface area contributed by atoms with Crippen LogP contribution in [0.25, 0.3) is 0 Å². The average molecular weight is 288 g/mol. The highest BCUT2D eigenvalue weighted by atomic mass is 16.5. The van der Waals surface area contributed by atoms with E-state index in [2.05, 4.69) is 20.8 Å². The third kappa shape index (κ3) is 3.87. The molecule has 1 aromatic carbocycles. The largest absolute Gasteiger partial charge is 0.496 e. The monoisotopic (exact) mass is 288 g/mol. The van der Waals surface area contributed by atoms with Crippen LogP contribution in [0.5, 0.6) is 5.75 Å². The molecule has 0 unspecified atom stereocenters. The first-order chi connectivity index (χ1) is 10.0. The Morgan fingerprint density at radius 2 is 2.00 bits per heavy atom. The van der Waals surface area contributed by atoms with E-state index in [9.17, 15) is 4.79 Å². The summed E-state index contributed by atoms with van der Waals surface area (Å²) in [6.07, 6.45) is 4.02.